The molecule has 1 aliphatic carbocycles. The minimum atomic E-state index is -4.24. The van der Waals surface area contributed by atoms with Gasteiger partial charge < -0.3 is 0 Å². The average Bonchev–Trinajstić information content (AvgIpc) is 2.89. The molecule has 19 heavy (non-hydrogen) atoms. The standard InChI is InChI=1S/C15H18BrF3/c16-14(12-5-1-2-6-12)9-8-11-4-3-7-13(10-11)15(17,18)19/h3-4,7,10,12,14H,1-2,5-6,8-9H2. The number of alkyl halides is 4. The van der Waals surface area contributed by atoms with Crippen LogP contribution >= 0.6 is 15.9 Å². The minimum Gasteiger partial charge on any atom is -0.166 e. The zero-order valence-corrected chi connectivity index (χ0v) is 12.3. The number of hydrogen-bond donors (Lipinski definition) is 0. The Morgan fingerprint density at radius 1 is 1.21 bits per heavy atom. The second kappa shape index (κ2) is 6.29. The summed E-state index contributed by atoms with van der Waals surface area (Å²) < 4.78 is 37.8. The van der Waals surface area contributed by atoms with Crippen LogP contribution in [0.15, 0.2) is 24.3 Å². The van der Waals surface area contributed by atoms with Gasteiger partial charge in [-0.15, -0.1) is 0 Å². The number of benzene rings is 1. The van der Waals surface area contributed by atoms with Crippen molar-refractivity contribution in [1.29, 1.82) is 0 Å². The van der Waals surface area contributed by atoms with Gasteiger partial charge in [0.1, 0.15) is 0 Å². The monoisotopic (exact) mass is 334 g/mol. The molecule has 1 unspecified atom stereocenters. The molecule has 4 heteroatoms. The van der Waals surface area contributed by atoms with E-state index in [1.807, 2.05) is 0 Å². The van der Waals surface area contributed by atoms with Crippen LogP contribution in [-0.4, -0.2) is 4.83 Å². The molecule has 1 aromatic rings. The highest BCUT2D eigenvalue weighted by Gasteiger charge is 2.30. The van der Waals surface area contributed by atoms with Crippen LogP contribution in [0.1, 0.15) is 43.2 Å². The van der Waals surface area contributed by atoms with Crippen molar-refractivity contribution in [2.45, 2.75) is 49.5 Å². The summed E-state index contributed by atoms with van der Waals surface area (Å²) in [6.07, 6.45) is 2.45. The zero-order chi connectivity index (χ0) is 13.9. The Labute approximate surface area is 120 Å². The Balaban J connectivity index is 1.92. The second-order valence-electron chi connectivity index (χ2n) is 5.30. The molecule has 0 aromatic heterocycles. The maximum atomic E-state index is 12.6. The molecule has 2 rings (SSSR count). The highest BCUT2D eigenvalue weighted by Crippen LogP contribution is 2.34. The third-order valence-electron chi connectivity index (χ3n) is 3.87. The number of rotatable bonds is 4. The summed E-state index contributed by atoms with van der Waals surface area (Å²) in [6.45, 7) is 0. The molecule has 0 saturated heterocycles. The first-order valence-electron chi connectivity index (χ1n) is 6.77. The van der Waals surface area contributed by atoms with E-state index in [4.69, 9.17) is 0 Å². The van der Waals surface area contributed by atoms with E-state index >= 15 is 0 Å². The molecule has 0 spiro atoms. The van der Waals surface area contributed by atoms with E-state index in [-0.39, 0.29) is 0 Å². The normalized spacial score (nSPS) is 18.7. The third-order valence-corrected chi connectivity index (χ3v) is 5.08. The van der Waals surface area contributed by atoms with Crippen LogP contribution in [0, 0.1) is 5.92 Å². The lowest BCUT2D eigenvalue weighted by atomic mass is 9.97. The smallest absolute Gasteiger partial charge is 0.166 e. The van der Waals surface area contributed by atoms with E-state index in [1.165, 1.54) is 37.8 Å². The van der Waals surface area contributed by atoms with Gasteiger partial charge in [0.15, 0.2) is 0 Å². The summed E-state index contributed by atoms with van der Waals surface area (Å²) in [5, 5.41) is 0. The summed E-state index contributed by atoms with van der Waals surface area (Å²) >= 11 is 3.70. The Hall–Kier alpha value is -0.510. The van der Waals surface area contributed by atoms with Crippen LogP contribution in [0.2, 0.25) is 0 Å². The number of aryl methyl sites for hydroxylation is 1. The molecule has 0 N–H and O–H groups in total. The lowest BCUT2D eigenvalue weighted by molar-refractivity contribution is -0.137. The van der Waals surface area contributed by atoms with Crippen LogP contribution in [0.25, 0.3) is 0 Å². The van der Waals surface area contributed by atoms with Crippen molar-refractivity contribution >= 4 is 15.9 Å². The molecule has 0 radical (unpaired) electrons. The van der Waals surface area contributed by atoms with Crippen molar-refractivity contribution in [2.75, 3.05) is 0 Å². The second-order valence-corrected chi connectivity index (χ2v) is 6.47. The van der Waals surface area contributed by atoms with Gasteiger partial charge in [-0.3, -0.25) is 0 Å². The van der Waals surface area contributed by atoms with Crippen LogP contribution < -0.4 is 0 Å². The van der Waals surface area contributed by atoms with Crippen LogP contribution in [0.5, 0.6) is 0 Å². The summed E-state index contributed by atoms with van der Waals surface area (Å²) in [5.41, 5.74) is 0.231. The van der Waals surface area contributed by atoms with Gasteiger partial charge >= 0.3 is 6.18 Å². The molecule has 0 nitrogen and oxygen atoms in total. The van der Waals surface area contributed by atoms with Crippen molar-refractivity contribution in [3.63, 3.8) is 0 Å². The molecule has 1 atom stereocenters. The fourth-order valence-corrected chi connectivity index (χ4v) is 3.52. The Morgan fingerprint density at radius 2 is 1.89 bits per heavy atom. The van der Waals surface area contributed by atoms with Crippen molar-refractivity contribution in [3.05, 3.63) is 35.4 Å². The highest BCUT2D eigenvalue weighted by molar-refractivity contribution is 9.09. The van der Waals surface area contributed by atoms with Crippen molar-refractivity contribution < 1.29 is 13.2 Å². The van der Waals surface area contributed by atoms with Crippen LogP contribution in [-0.2, 0) is 12.6 Å². The van der Waals surface area contributed by atoms with Crippen molar-refractivity contribution in [1.82, 2.24) is 0 Å². The van der Waals surface area contributed by atoms with E-state index in [1.54, 1.807) is 6.07 Å². The van der Waals surface area contributed by atoms with Gasteiger partial charge in [-0.2, -0.15) is 13.2 Å². The zero-order valence-electron chi connectivity index (χ0n) is 10.7. The van der Waals surface area contributed by atoms with E-state index in [0.717, 1.165) is 18.1 Å². The number of halogens is 4. The molecular weight excluding hydrogens is 317 g/mol. The summed E-state index contributed by atoms with van der Waals surface area (Å²) in [7, 11) is 0. The Bertz CT molecular complexity index is 408. The van der Waals surface area contributed by atoms with Crippen molar-refractivity contribution in [3.8, 4) is 0 Å². The molecule has 1 fully saturated rings. The first-order valence-corrected chi connectivity index (χ1v) is 7.68. The third kappa shape index (κ3) is 4.23. The molecule has 0 bridgehead atoms. The maximum Gasteiger partial charge on any atom is 0.416 e. The van der Waals surface area contributed by atoms with Gasteiger partial charge in [-0.25, -0.2) is 0 Å². The SMILES string of the molecule is FC(F)(F)c1cccc(CCC(Br)C2CCCC2)c1. The first kappa shape index (κ1) is 14.9. The van der Waals surface area contributed by atoms with Gasteiger partial charge in [0, 0.05) is 4.83 Å². The average molecular weight is 335 g/mol. The summed E-state index contributed by atoms with van der Waals surface area (Å²) in [6, 6.07) is 5.68. The maximum absolute atomic E-state index is 12.6. The molecule has 1 saturated carbocycles. The Kier molecular flexibility index (Phi) is 4.93. The summed E-state index contributed by atoms with van der Waals surface area (Å²) in [5.74, 6) is 0.700. The quantitative estimate of drug-likeness (QED) is 0.629. The van der Waals surface area contributed by atoms with Gasteiger partial charge in [-0.1, -0.05) is 47.0 Å². The molecule has 1 aromatic carbocycles. The van der Waals surface area contributed by atoms with Gasteiger partial charge in [0.2, 0.25) is 0 Å². The summed E-state index contributed by atoms with van der Waals surface area (Å²) in [4.78, 5) is 0.435. The molecule has 1 aliphatic rings. The molecule has 0 amide bonds. The molecule has 0 heterocycles. The van der Waals surface area contributed by atoms with Crippen LogP contribution in [0.4, 0.5) is 13.2 Å². The Morgan fingerprint density at radius 3 is 2.53 bits per heavy atom. The molecule has 106 valence electrons. The van der Waals surface area contributed by atoms with Crippen molar-refractivity contribution in [2.24, 2.45) is 5.92 Å². The van der Waals surface area contributed by atoms with E-state index in [2.05, 4.69) is 15.9 Å². The van der Waals surface area contributed by atoms with Gasteiger partial charge in [0.25, 0.3) is 0 Å². The number of hydrogen-bond acceptors (Lipinski definition) is 0. The predicted molar refractivity (Wildman–Crippen MR) is 74.4 cm³/mol. The van der Waals surface area contributed by atoms with Crippen LogP contribution in [0.3, 0.4) is 0 Å². The molecule has 0 aliphatic heterocycles. The fourth-order valence-electron chi connectivity index (χ4n) is 2.76. The lowest BCUT2D eigenvalue weighted by Crippen LogP contribution is -2.12. The lowest BCUT2D eigenvalue weighted by Gasteiger charge is -2.17. The molecular formula is C15H18BrF3. The first-order chi connectivity index (χ1) is 8.97. The highest BCUT2D eigenvalue weighted by atomic mass is 79.9. The fraction of sp³-hybridized carbons (Fsp3) is 0.600. The van der Waals surface area contributed by atoms with Gasteiger partial charge in [0.05, 0.1) is 5.56 Å². The predicted octanol–water partition coefficient (Wildman–Crippen LogP) is 5.59. The van der Waals surface area contributed by atoms with E-state index in [9.17, 15) is 13.2 Å². The minimum absolute atomic E-state index is 0.435. The van der Waals surface area contributed by atoms with Gasteiger partial charge in [-0.05, 0) is 43.2 Å². The van der Waals surface area contributed by atoms with E-state index in [0.29, 0.717) is 17.2 Å². The topological polar surface area (TPSA) is 0 Å². The van der Waals surface area contributed by atoms with E-state index < -0.39 is 11.7 Å². The largest absolute Gasteiger partial charge is 0.416 e.